The van der Waals surface area contributed by atoms with Crippen molar-refractivity contribution in [3.8, 4) is 11.5 Å². The van der Waals surface area contributed by atoms with Gasteiger partial charge in [0.05, 0.1) is 18.8 Å². The van der Waals surface area contributed by atoms with Crippen molar-refractivity contribution in [2.24, 2.45) is 0 Å². The van der Waals surface area contributed by atoms with Crippen LogP contribution in [0.25, 0.3) is 5.70 Å². The van der Waals surface area contributed by atoms with E-state index in [-0.39, 0.29) is 12.3 Å². The standard InChI is InChI=1S/C24H21ClN2O2/c1-15-5-3-4-6-19(15)24-27-22(20-13-17(25)9-12-23(20)29-24)14-21(26-27)16-7-10-18(28-2)11-8-16/h3-14,22,24,26H,1-2H3/t22-,24+/m1/s1. The topological polar surface area (TPSA) is 33.7 Å². The van der Waals surface area contributed by atoms with Gasteiger partial charge in [0, 0.05) is 16.1 Å². The molecule has 2 heterocycles. The van der Waals surface area contributed by atoms with E-state index in [1.165, 1.54) is 5.56 Å². The largest absolute Gasteiger partial charge is 0.497 e. The first-order valence-electron chi connectivity index (χ1n) is 9.57. The van der Waals surface area contributed by atoms with Crippen LogP contribution in [0.2, 0.25) is 5.02 Å². The third-order valence-corrected chi connectivity index (χ3v) is 5.75. The van der Waals surface area contributed by atoms with Crippen molar-refractivity contribution in [1.29, 1.82) is 0 Å². The Morgan fingerprint density at radius 2 is 1.79 bits per heavy atom. The number of hydrazine groups is 1. The predicted octanol–water partition coefficient (Wildman–Crippen LogP) is 5.65. The molecule has 0 unspecified atom stereocenters. The van der Waals surface area contributed by atoms with Crippen molar-refractivity contribution >= 4 is 17.3 Å². The fraction of sp³-hybridized carbons (Fsp3) is 0.167. The predicted molar refractivity (Wildman–Crippen MR) is 115 cm³/mol. The van der Waals surface area contributed by atoms with Gasteiger partial charge in [0.2, 0.25) is 0 Å². The van der Waals surface area contributed by atoms with Gasteiger partial charge >= 0.3 is 0 Å². The number of aryl methyl sites for hydroxylation is 1. The highest BCUT2D eigenvalue weighted by Gasteiger charge is 2.40. The maximum atomic E-state index is 6.44. The van der Waals surface area contributed by atoms with Crippen LogP contribution in [0, 0.1) is 6.92 Å². The summed E-state index contributed by atoms with van der Waals surface area (Å²) >= 11 is 6.30. The van der Waals surface area contributed by atoms with E-state index in [2.05, 4.69) is 47.7 Å². The highest BCUT2D eigenvalue weighted by molar-refractivity contribution is 6.30. The quantitative estimate of drug-likeness (QED) is 0.611. The van der Waals surface area contributed by atoms with Crippen LogP contribution in [-0.4, -0.2) is 12.1 Å². The molecule has 0 aromatic heterocycles. The molecule has 2 atom stereocenters. The molecule has 1 N–H and O–H groups in total. The molecule has 2 aliphatic heterocycles. The number of hydrogen-bond donors (Lipinski definition) is 1. The van der Waals surface area contributed by atoms with Gasteiger partial charge in [0.15, 0.2) is 6.23 Å². The van der Waals surface area contributed by atoms with Crippen molar-refractivity contribution in [3.05, 3.63) is 100 Å². The average Bonchev–Trinajstić information content (AvgIpc) is 3.20. The molecule has 0 saturated heterocycles. The second kappa shape index (κ2) is 7.14. The molecular formula is C24H21ClN2O2. The van der Waals surface area contributed by atoms with Gasteiger partial charge in [-0.25, -0.2) is 0 Å². The smallest absolute Gasteiger partial charge is 0.196 e. The Bertz CT molecular complexity index is 1090. The van der Waals surface area contributed by atoms with Crippen molar-refractivity contribution in [2.45, 2.75) is 19.2 Å². The summed E-state index contributed by atoms with van der Waals surface area (Å²) in [6.45, 7) is 2.11. The number of ether oxygens (including phenoxy) is 2. The SMILES string of the molecule is COc1ccc(C2=C[C@@H]3c4cc(Cl)ccc4O[C@@H](c4ccccc4C)N3N2)cc1. The maximum Gasteiger partial charge on any atom is 0.196 e. The number of rotatable bonds is 3. The Morgan fingerprint density at radius 3 is 2.55 bits per heavy atom. The molecule has 0 bridgehead atoms. The van der Waals surface area contributed by atoms with E-state index >= 15 is 0 Å². The lowest BCUT2D eigenvalue weighted by atomic mass is 9.99. The Morgan fingerprint density at radius 1 is 1.00 bits per heavy atom. The van der Waals surface area contributed by atoms with Crippen LogP contribution < -0.4 is 14.9 Å². The molecule has 5 heteroatoms. The summed E-state index contributed by atoms with van der Waals surface area (Å²) in [5, 5.41) is 2.86. The second-order valence-corrected chi connectivity index (χ2v) is 7.72. The third kappa shape index (κ3) is 3.15. The minimum Gasteiger partial charge on any atom is -0.497 e. The number of methoxy groups -OCH3 is 1. The van der Waals surface area contributed by atoms with E-state index in [1.807, 2.05) is 42.5 Å². The normalized spacial score (nSPS) is 20.2. The fourth-order valence-corrected chi connectivity index (χ4v) is 4.15. The third-order valence-electron chi connectivity index (χ3n) is 5.51. The number of fused-ring (bicyclic) bond motifs is 3. The molecule has 0 aliphatic carbocycles. The lowest BCUT2D eigenvalue weighted by Crippen LogP contribution is -2.43. The van der Waals surface area contributed by atoms with E-state index in [0.29, 0.717) is 5.02 Å². The lowest BCUT2D eigenvalue weighted by Gasteiger charge is -2.39. The van der Waals surface area contributed by atoms with Gasteiger partial charge in [-0.2, -0.15) is 5.01 Å². The minimum absolute atomic E-state index is 0.0131. The number of nitrogens with zero attached hydrogens (tertiary/aromatic N) is 1. The van der Waals surface area contributed by atoms with Crippen LogP contribution in [0.4, 0.5) is 0 Å². The molecule has 0 spiro atoms. The van der Waals surface area contributed by atoms with Crippen molar-refractivity contribution in [3.63, 3.8) is 0 Å². The molecule has 146 valence electrons. The molecule has 4 nitrogen and oxygen atoms in total. The van der Waals surface area contributed by atoms with Gasteiger partial charge in [-0.3, -0.25) is 0 Å². The first-order valence-corrected chi connectivity index (χ1v) is 9.95. The van der Waals surface area contributed by atoms with E-state index < -0.39 is 0 Å². The van der Waals surface area contributed by atoms with Crippen LogP contribution in [0.3, 0.4) is 0 Å². The summed E-state index contributed by atoms with van der Waals surface area (Å²) in [5.74, 6) is 1.70. The van der Waals surface area contributed by atoms with Crippen LogP contribution in [-0.2, 0) is 0 Å². The summed E-state index contributed by atoms with van der Waals surface area (Å²) in [6.07, 6.45) is 1.98. The zero-order valence-electron chi connectivity index (χ0n) is 16.2. The van der Waals surface area contributed by atoms with Crippen LogP contribution in [0.15, 0.2) is 72.8 Å². The van der Waals surface area contributed by atoms with E-state index in [1.54, 1.807) is 7.11 Å². The number of nitrogens with one attached hydrogen (secondary N) is 1. The first kappa shape index (κ1) is 18.1. The first-order chi connectivity index (χ1) is 14.1. The molecule has 29 heavy (non-hydrogen) atoms. The van der Waals surface area contributed by atoms with E-state index in [9.17, 15) is 0 Å². The lowest BCUT2D eigenvalue weighted by molar-refractivity contribution is -0.0330. The van der Waals surface area contributed by atoms with Gasteiger partial charge in [0.1, 0.15) is 11.5 Å². The number of hydrogen-bond acceptors (Lipinski definition) is 4. The van der Waals surface area contributed by atoms with Crippen molar-refractivity contribution < 1.29 is 9.47 Å². The molecule has 3 aromatic rings. The van der Waals surface area contributed by atoms with Gasteiger partial charge in [-0.1, -0.05) is 35.9 Å². The molecule has 0 amide bonds. The maximum absolute atomic E-state index is 6.44. The minimum atomic E-state index is -0.248. The fourth-order valence-electron chi connectivity index (χ4n) is 3.97. The highest BCUT2D eigenvalue weighted by atomic mass is 35.5. The molecule has 5 rings (SSSR count). The molecule has 2 aliphatic rings. The zero-order chi connectivity index (χ0) is 20.0. The van der Waals surface area contributed by atoms with Crippen LogP contribution >= 0.6 is 11.6 Å². The number of halogens is 1. The van der Waals surface area contributed by atoms with Gasteiger partial charge in [-0.15, -0.1) is 0 Å². The van der Waals surface area contributed by atoms with Crippen LogP contribution in [0.1, 0.15) is 34.5 Å². The van der Waals surface area contributed by atoms with Gasteiger partial charge in [-0.05, 0) is 66.6 Å². The Hall–Kier alpha value is -2.95. The van der Waals surface area contributed by atoms with Gasteiger partial charge in [0.25, 0.3) is 0 Å². The summed E-state index contributed by atoms with van der Waals surface area (Å²) in [6, 6.07) is 22.2. The van der Waals surface area contributed by atoms with Crippen LogP contribution in [0.5, 0.6) is 11.5 Å². The Balaban J connectivity index is 1.59. The number of benzene rings is 3. The van der Waals surface area contributed by atoms with E-state index in [0.717, 1.165) is 33.9 Å². The average molecular weight is 405 g/mol. The second-order valence-electron chi connectivity index (χ2n) is 7.28. The van der Waals surface area contributed by atoms with Gasteiger partial charge < -0.3 is 14.9 Å². The molecule has 0 radical (unpaired) electrons. The Kier molecular flexibility index (Phi) is 4.46. The Labute approximate surface area is 175 Å². The summed E-state index contributed by atoms with van der Waals surface area (Å²) in [5.41, 5.74) is 9.07. The highest BCUT2D eigenvalue weighted by Crippen LogP contribution is 2.47. The van der Waals surface area contributed by atoms with Crippen molar-refractivity contribution in [2.75, 3.05) is 7.11 Å². The zero-order valence-corrected chi connectivity index (χ0v) is 17.0. The van der Waals surface area contributed by atoms with E-state index in [4.69, 9.17) is 21.1 Å². The molecule has 0 fully saturated rings. The summed E-state index contributed by atoms with van der Waals surface area (Å²) in [4.78, 5) is 0. The molecule has 0 saturated carbocycles. The summed E-state index contributed by atoms with van der Waals surface area (Å²) in [7, 11) is 1.67. The molecular weight excluding hydrogens is 384 g/mol. The van der Waals surface area contributed by atoms with Crippen molar-refractivity contribution in [1.82, 2.24) is 10.4 Å². The summed E-state index contributed by atoms with van der Waals surface area (Å²) < 4.78 is 11.7. The monoisotopic (exact) mass is 404 g/mol. The molecule has 3 aromatic carbocycles.